The Morgan fingerprint density at radius 3 is 2.60 bits per heavy atom. The Balaban J connectivity index is 0.000000280. The van der Waals surface area contributed by atoms with Crippen LogP contribution in [-0.4, -0.2) is 21.7 Å². The van der Waals surface area contributed by atoms with Crippen LogP contribution in [0.1, 0.15) is 10.7 Å². The smallest absolute Gasteiger partial charge is 0.0950 e. The van der Waals surface area contributed by atoms with Crippen LogP contribution in [-0.2, 0) is 6.42 Å². The van der Waals surface area contributed by atoms with Crippen molar-refractivity contribution in [1.29, 1.82) is 0 Å². The number of thiazole rings is 2. The topological polar surface area (TPSA) is 46.0 Å². The van der Waals surface area contributed by atoms with Gasteiger partial charge in [-0.25, -0.2) is 4.98 Å². The third-order valence-electron chi connectivity index (χ3n) is 1.34. The molecule has 0 aliphatic rings. The van der Waals surface area contributed by atoms with Gasteiger partial charge in [-0.2, -0.15) is 0 Å². The molecule has 0 aromatic carbocycles. The molecular formula is C9H13BrN2OS2. The summed E-state index contributed by atoms with van der Waals surface area (Å²) in [6.07, 6.45) is 2.46. The van der Waals surface area contributed by atoms with Gasteiger partial charge in [0.2, 0.25) is 0 Å². The van der Waals surface area contributed by atoms with E-state index in [9.17, 15) is 0 Å². The fourth-order valence-electron chi connectivity index (χ4n) is 0.789. The Hall–Kier alpha value is -0.300. The molecule has 0 atom stereocenters. The van der Waals surface area contributed by atoms with Crippen LogP contribution in [0.5, 0.6) is 0 Å². The lowest BCUT2D eigenvalue weighted by molar-refractivity contribution is 0.299. The minimum absolute atomic E-state index is 0. The average Bonchev–Trinajstić information content (AvgIpc) is 2.79. The van der Waals surface area contributed by atoms with Crippen molar-refractivity contribution >= 4 is 39.7 Å². The lowest BCUT2D eigenvalue weighted by Gasteiger charge is -1.85. The van der Waals surface area contributed by atoms with Gasteiger partial charge in [-0.15, -0.1) is 39.7 Å². The molecule has 2 heterocycles. The first kappa shape index (κ1) is 14.7. The predicted octanol–water partition coefficient (Wildman–Crippen LogP) is 2.71. The third-order valence-corrected chi connectivity index (χ3v) is 2.89. The first-order valence-electron chi connectivity index (χ1n) is 4.17. The number of aryl methyl sites for hydroxylation is 1. The Labute approximate surface area is 108 Å². The van der Waals surface area contributed by atoms with Gasteiger partial charge in [0, 0.05) is 35.7 Å². The molecule has 0 radical (unpaired) electrons. The number of rotatable bonds is 2. The van der Waals surface area contributed by atoms with Gasteiger partial charge in [-0.3, -0.25) is 4.98 Å². The van der Waals surface area contributed by atoms with E-state index in [0.29, 0.717) is 6.42 Å². The van der Waals surface area contributed by atoms with Crippen molar-refractivity contribution in [3.63, 3.8) is 0 Å². The molecule has 0 amide bonds. The van der Waals surface area contributed by atoms with E-state index in [0.717, 1.165) is 10.7 Å². The Morgan fingerprint density at radius 2 is 2.27 bits per heavy atom. The second-order valence-electron chi connectivity index (χ2n) is 2.53. The summed E-state index contributed by atoms with van der Waals surface area (Å²) in [5, 5.41) is 13.4. The molecule has 0 spiro atoms. The largest absolute Gasteiger partial charge is 0.396 e. The fraction of sp³-hybridized carbons (Fsp3) is 0.333. The summed E-state index contributed by atoms with van der Waals surface area (Å²) in [5.41, 5.74) is 2.84. The summed E-state index contributed by atoms with van der Waals surface area (Å²) in [7, 11) is 0. The zero-order valence-electron chi connectivity index (χ0n) is 8.29. The molecule has 0 bridgehead atoms. The Kier molecular flexibility index (Phi) is 8.79. The summed E-state index contributed by atoms with van der Waals surface area (Å²) in [5.74, 6) is 0. The molecule has 15 heavy (non-hydrogen) atoms. The molecular weight excluding hydrogens is 296 g/mol. The molecule has 0 aliphatic carbocycles. The van der Waals surface area contributed by atoms with E-state index in [-0.39, 0.29) is 23.6 Å². The second-order valence-corrected chi connectivity index (χ2v) is 4.23. The molecule has 2 aromatic rings. The van der Waals surface area contributed by atoms with Crippen molar-refractivity contribution in [3.8, 4) is 0 Å². The van der Waals surface area contributed by atoms with E-state index in [1.165, 1.54) is 0 Å². The minimum Gasteiger partial charge on any atom is -0.396 e. The van der Waals surface area contributed by atoms with Gasteiger partial charge in [-0.1, -0.05) is 0 Å². The highest BCUT2D eigenvalue weighted by molar-refractivity contribution is 8.93. The highest BCUT2D eigenvalue weighted by atomic mass is 79.9. The van der Waals surface area contributed by atoms with Crippen molar-refractivity contribution in [1.82, 2.24) is 9.97 Å². The monoisotopic (exact) mass is 308 g/mol. The number of aliphatic hydroxyl groups excluding tert-OH is 1. The number of aliphatic hydroxyl groups is 1. The van der Waals surface area contributed by atoms with Crippen molar-refractivity contribution < 1.29 is 5.11 Å². The highest BCUT2D eigenvalue weighted by Crippen LogP contribution is 2.08. The zero-order valence-corrected chi connectivity index (χ0v) is 11.6. The van der Waals surface area contributed by atoms with Crippen LogP contribution < -0.4 is 0 Å². The van der Waals surface area contributed by atoms with Crippen molar-refractivity contribution in [2.75, 3.05) is 6.61 Å². The van der Waals surface area contributed by atoms with Crippen molar-refractivity contribution in [2.45, 2.75) is 13.3 Å². The van der Waals surface area contributed by atoms with Gasteiger partial charge in [0.1, 0.15) is 0 Å². The molecule has 0 saturated carbocycles. The molecule has 0 unspecified atom stereocenters. The normalized spacial score (nSPS) is 8.67. The molecule has 1 N–H and O–H groups in total. The summed E-state index contributed by atoms with van der Waals surface area (Å²) >= 11 is 3.20. The summed E-state index contributed by atoms with van der Waals surface area (Å²) < 4.78 is 0. The second kappa shape index (κ2) is 8.96. The summed E-state index contributed by atoms with van der Waals surface area (Å²) in [6.45, 7) is 2.16. The molecule has 3 nitrogen and oxygen atoms in total. The fourth-order valence-corrected chi connectivity index (χ4v) is 1.91. The lowest BCUT2D eigenvalue weighted by atomic mass is 10.5. The SMILES string of the molecule is Br.Cc1csc(CCO)n1.c1cscn1. The van der Waals surface area contributed by atoms with Gasteiger partial charge in [0.15, 0.2) is 0 Å². The maximum Gasteiger partial charge on any atom is 0.0950 e. The Morgan fingerprint density at radius 1 is 1.47 bits per heavy atom. The zero-order chi connectivity index (χ0) is 10.2. The molecule has 0 fully saturated rings. The molecule has 0 saturated heterocycles. The minimum atomic E-state index is 0. The van der Waals surface area contributed by atoms with Gasteiger partial charge in [0.05, 0.1) is 10.5 Å². The lowest BCUT2D eigenvalue weighted by Crippen LogP contribution is -1.88. The van der Waals surface area contributed by atoms with Gasteiger partial charge < -0.3 is 5.11 Å². The number of halogens is 1. The number of hydrogen-bond acceptors (Lipinski definition) is 5. The summed E-state index contributed by atoms with van der Waals surface area (Å²) in [4.78, 5) is 7.90. The van der Waals surface area contributed by atoms with Crippen LogP contribution in [0.3, 0.4) is 0 Å². The van der Waals surface area contributed by atoms with Crippen molar-refractivity contribution in [3.05, 3.63) is 33.2 Å². The quantitative estimate of drug-likeness (QED) is 0.928. The number of nitrogens with zero attached hydrogens (tertiary/aromatic N) is 2. The van der Waals surface area contributed by atoms with E-state index in [4.69, 9.17) is 5.11 Å². The van der Waals surface area contributed by atoms with Gasteiger partial charge in [-0.05, 0) is 6.92 Å². The predicted molar refractivity (Wildman–Crippen MR) is 70.1 cm³/mol. The van der Waals surface area contributed by atoms with Gasteiger partial charge >= 0.3 is 0 Å². The molecule has 0 aliphatic heterocycles. The highest BCUT2D eigenvalue weighted by Gasteiger charge is 1.94. The van der Waals surface area contributed by atoms with E-state index in [1.54, 1.807) is 34.4 Å². The number of aromatic nitrogens is 2. The van der Waals surface area contributed by atoms with E-state index in [2.05, 4.69) is 9.97 Å². The number of hydrogen-bond donors (Lipinski definition) is 1. The van der Waals surface area contributed by atoms with Crippen molar-refractivity contribution in [2.24, 2.45) is 0 Å². The van der Waals surface area contributed by atoms with Crippen LogP contribution in [0.4, 0.5) is 0 Å². The van der Waals surface area contributed by atoms with E-state index < -0.39 is 0 Å². The van der Waals surface area contributed by atoms with Crippen LogP contribution >= 0.6 is 39.7 Å². The maximum absolute atomic E-state index is 8.50. The van der Waals surface area contributed by atoms with Crippen LogP contribution in [0.15, 0.2) is 22.5 Å². The molecule has 2 aromatic heterocycles. The van der Waals surface area contributed by atoms with E-state index >= 15 is 0 Å². The summed E-state index contributed by atoms with van der Waals surface area (Å²) in [6, 6.07) is 0. The van der Waals surface area contributed by atoms with E-state index in [1.807, 2.05) is 17.7 Å². The molecule has 84 valence electrons. The first-order valence-corrected chi connectivity index (χ1v) is 5.99. The Bertz CT molecular complexity index is 320. The molecule has 2 rings (SSSR count). The average molecular weight is 309 g/mol. The maximum atomic E-state index is 8.50. The van der Waals surface area contributed by atoms with Crippen LogP contribution in [0.25, 0.3) is 0 Å². The van der Waals surface area contributed by atoms with Crippen LogP contribution in [0.2, 0.25) is 0 Å². The van der Waals surface area contributed by atoms with Gasteiger partial charge in [0.25, 0.3) is 0 Å². The molecule has 6 heteroatoms. The van der Waals surface area contributed by atoms with Crippen LogP contribution in [0, 0.1) is 6.92 Å². The standard InChI is InChI=1S/C6H9NOS.C3H3NS.BrH/c1-5-4-9-6(7-5)2-3-8;1-2-5-3-4-1;/h4,8H,2-3H2,1H3;1-3H;1H. The first-order chi connectivity index (χ1) is 6.83. The third kappa shape index (κ3) is 6.72.